The summed E-state index contributed by atoms with van der Waals surface area (Å²) in [5.74, 6) is 0. The molecule has 0 unspecified atom stereocenters. The van der Waals surface area contributed by atoms with Gasteiger partial charge in [-0.25, -0.2) is 4.85 Å². The van der Waals surface area contributed by atoms with Crippen LogP contribution < -0.4 is 0 Å². The normalized spacial score (nSPS) is 11.1. The maximum absolute atomic E-state index is 10.4. The molecule has 9 aromatic rings. The summed E-state index contributed by atoms with van der Waals surface area (Å²) in [6.07, 6.45) is 0. The molecular formula is C47H26N4. The Balaban J connectivity index is 1.26. The van der Waals surface area contributed by atoms with Crippen molar-refractivity contribution in [2.24, 2.45) is 0 Å². The Labute approximate surface area is 294 Å². The zero-order chi connectivity index (χ0) is 34.5. The maximum Gasteiger partial charge on any atom is 0.205 e. The lowest BCUT2D eigenvalue weighted by atomic mass is 9.84. The average molecular weight is 647 g/mol. The van der Waals surface area contributed by atoms with E-state index in [-0.39, 0.29) is 0 Å². The second-order valence-electron chi connectivity index (χ2n) is 12.6. The highest BCUT2D eigenvalue weighted by Crippen LogP contribution is 2.46. The van der Waals surface area contributed by atoms with Crippen molar-refractivity contribution < 1.29 is 0 Å². The molecule has 1 heterocycles. The van der Waals surface area contributed by atoms with Gasteiger partial charge in [0.15, 0.2) is 0 Å². The molecule has 0 bridgehead atoms. The van der Waals surface area contributed by atoms with E-state index in [1.807, 2.05) is 54.6 Å². The second kappa shape index (κ2) is 11.9. The van der Waals surface area contributed by atoms with Crippen molar-refractivity contribution in [2.45, 2.75) is 0 Å². The van der Waals surface area contributed by atoms with Crippen LogP contribution in [0, 0.1) is 29.2 Å². The largest absolute Gasteiger partial charge is 0.309 e. The van der Waals surface area contributed by atoms with Crippen LogP contribution in [0.3, 0.4) is 0 Å². The van der Waals surface area contributed by atoms with E-state index in [1.165, 1.54) is 5.56 Å². The highest BCUT2D eigenvalue weighted by Gasteiger charge is 2.20. The van der Waals surface area contributed by atoms with Crippen LogP contribution in [0.1, 0.15) is 11.1 Å². The van der Waals surface area contributed by atoms with Gasteiger partial charge in [0, 0.05) is 16.5 Å². The smallest absolute Gasteiger partial charge is 0.205 e. The Morgan fingerprint density at radius 3 is 1.65 bits per heavy atom. The fourth-order valence-corrected chi connectivity index (χ4v) is 7.67. The SMILES string of the molecule is [C-]#[N+]c1cc(-c2c3ccccc3c(-c3ccccc3)c3ccccc23)cc(-c2ccc(-n3c4ccccc4c4cc(C#N)ccc43)cc2)c1C#N. The number of hydrogen-bond donors (Lipinski definition) is 0. The molecule has 0 saturated carbocycles. The molecule has 0 fully saturated rings. The summed E-state index contributed by atoms with van der Waals surface area (Å²) in [6, 6.07) is 58.1. The third kappa shape index (κ3) is 4.66. The summed E-state index contributed by atoms with van der Waals surface area (Å²) in [4.78, 5) is 3.88. The molecule has 0 aliphatic rings. The van der Waals surface area contributed by atoms with Crippen molar-refractivity contribution in [1.29, 1.82) is 10.5 Å². The van der Waals surface area contributed by atoms with Crippen molar-refractivity contribution in [3.05, 3.63) is 180 Å². The number of rotatable bonds is 4. The fraction of sp³-hybridized carbons (Fsp3) is 0. The molecule has 234 valence electrons. The first-order valence-corrected chi connectivity index (χ1v) is 16.7. The van der Waals surface area contributed by atoms with E-state index in [0.717, 1.165) is 71.3 Å². The quantitative estimate of drug-likeness (QED) is 0.141. The number of fused-ring (bicyclic) bond motifs is 5. The standard InChI is InChI=1S/C47H26N4/c1-50-43-27-33(47-38-16-7-5-14-36(38)46(32-11-3-2-4-12-32)37-15-6-8-17-39(37)47)26-40(42(43)29-49)31-20-22-34(23-21-31)51-44-18-10-9-13-35(44)41-25-30(28-48)19-24-45(41)51/h2-27H. The molecular weight excluding hydrogens is 621 g/mol. The Morgan fingerprint density at radius 2 is 1.04 bits per heavy atom. The number of hydrogen-bond acceptors (Lipinski definition) is 2. The average Bonchev–Trinajstić information content (AvgIpc) is 3.53. The Hall–Kier alpha value is -7.45. The topological polar surface area (TPSA) is 56.9 Å². The van der Waals surface area contributed by atoms with Crippen LogP contribution in [0.15, 0.2) is 158 Å². The molecule has 0 N–H and O–H groups in total. The molecule has 0 aliphatic heterocycles. The van der Waals surface area contributed by atoms with Crippen LogP contribution >= 0.6 is 0 Å². The molecule has 0 spiro atoms. The summed E-state index contributed by atoms with van der Waals surface area (Å²) in [7, 11) is 0. The van der Waals surface area contributed by atoms with E-state index in [4.69, 9.17) is 6.57 Å². The van der Waals surface area contributed by atoms with E-state index in [0.29, 0.717) is 22.4 Å². The minimum Gasteiger partial charge on any atom is -0.309 e. The van der Waals surface area contributed by atoms with Crippen LogP contribution in [0.4, 0.5) is 5.69 Å². The molecule has 8 aromatic carbocycles. The molecule has 4 heteroatoms. The van der Waals surface area contributed by atoms with Gasteiger partial charge in [0.1, 0.15) is 0 Å². The summed E-state index contributed by atoms with van der Waals surface area (Å²) in [5.41, 5.74) is 10.1. The van der Waals surface area contributed by atoms with Crippen LogP contribution in [0.5, 0.6) is 0 Å². The third-order valence-electron chi connectivity index (χ3n) is 9.87. The van der Waals surface area contributed by atoms with Gasteiger partial charge in [-0.1, -0.05) is 109 Å². The molecule has 0 aliphatic carbocycles. The van der Waals surface area contributed by atoms with Gasteiger partial charge in [-0.15, -0.1) is 0 Å². The van der Waals surface area contributed by atoms with Gasteiger partial charge < -0.3 is 4.57 Å². The first-order valence-electron chi connectivity index (χ1n) is 16.7. The van der Waals surface area contributed by atoms with Crippen molar-refractivity contribution in [2.75, 3.05) is 0 Å². The Kier molecular flexibility index (Phi) is 6.93. The minimum atomic E-state index is 0.324. The number of benzene rings is 8. The van der Waals surface area contributed by atoms with Gasteiger partial charge in [-0.05, 0) is 103 Å². The van der Waals surface area contributed by atoms with Gasteiger partial charge in [-0.3, -0.25) is 0 Å². The van der Waals surface area contributed by atoms with Gasteiger partial charge in [0.05, 0.1) is 40.9 Å². The minimum absolute atomic E-state index is 0.324. The molecule has 4 nitrogen and oxygen atoms in total. The van der Waals surface area contributed by atoms with E-state index in [9.17, 15) is 10.5 Å². The fourth-order valence-electron chi connectivity index (χ4n) is 7.67. The number of para-hydroxylation sites is 1. The van der Waals surface area contributed by atoms with Crippen molar-refractivity contribution in [1.82, 2.24) is 4.57 Å². The summed E-state index contributed by atoms with van der Waals surface area (Å²) < 4.78 is 2.20. The number of nitrogens with zero attached hydrogens (tertiary/aromatic N) is 4. The Bertz CT molecular complexity index is 2930. The van der Waals surface area contributed by atoms with Gasteiger partial charge in [0.25, 0.3) is 0 Å². The summed E-state index contributed by atoms with van der Waals surface area (Å²) in [5, 5.41) is 26.5. The lowest BCUT2D eigenvalue weighted by molar-refractivity contribution is 1.18. The van der Waals surface area contributed by atoms with E-state index >= 15 is 0 Å². The van der Waals surface area contributed by atoms with Crippen LogP contribution in [-0.2, 0) is 0 Å². The molecule has 0 radical (unpaired) electrons. The van der Waals surface area contributed by atoms with Crippen molar-refractivity contribution >= 4 is 49.0 Å². The highest BCUT2D eigenvalue weighted by atomic mass is 15.0. The highest BCUT2D eigenvalue weighted by molar-refractivity contribution is 6.21. The molecule has 0 saturated heterocycles. The predicted molar refractivity (Wildman–Crippen MR) is 208 cm³/mol. The molecule has 9 rings (SSSR count). The van der Waals surface area contributed by atoms with Crippen LogP contribution in [0.2, 0.25) is 0 Å². The van der Waals surface area contributed by atoms with Gasteiger partial charge in [-0.2, -0.15) is 10.5 Å². The zero-order valence-electron chi connectivity index (χ0n) is 27.3. The lowest BCUT2D eigenvalue weighted by Gasteiger charge is -2.19. The summed E-state index contributed by atoms with van der Waals surface area (Å²) in [6.45, 7) is 8.14. The monoisotopic (exact) mass is 646 g/mol. The molecule has 0 atom stereocenters. The maximum atomic E-state index is 10.4. The van der Waals surface area contributed by atoms with Gasteiger partial charge >= 0.3 is 0 Å². The van der Waals surface area contributed by atoms with Crippen LogP contribution in [-0.4, -0.2) is 4.57 Å². The molecule has 1 aromatic heterocycles. The first kappa shape index (κ1) is 29.7. The predicted octanol–water partition coefficient (Wildman–Crippen LogP) is 12.4. The van der Waals surface area contributed by atoms with E-state index in [1.54, 1.807) is 0 Å². The third-order valence-corrected chi connectivity index (χ3v) is 9.87. The van der Waals surface area contributed by atoms with Crippen molar-refractivity contribution in [3.8, 4) is 51.2 Å². The molecule has 51 heavy (non-hydrogen) atoms. The van der Waals surface area contributed by atoms with E-state index < -0.39 is 0 Å². The number of nitriles is 2. The molecule has 0 amide bonds. The summed E-state index contributed by atoms with van der Waals surface area (Å²) >= 11 is 0. The Morgan fingerprint density at radius 1 is 0.471 bits per heavy atom. The first-order chi connectivity index (χ1) is 25.2. The number of aromatic nitrogens is 1. The van der Waals surface area contributed by atoms with Crippen molar-refractivity contribution in [3.63, 3.8) is 0 Å². The zero-order valence-corrected chi connectivity index (χ0v) is 27.3. The van der Waals surface area contributed by atoms with Crippen LogP contribution in [0.25, 0.3) is 87.3 Å². The second-order valence-corrected chi connectivity index (χ2v) is 12.6. The lowest BCUT2D eigenvalue weighted by Crippen LogP contribution is -1.95. The van der Waals surface area contributed by atoms with Gasteiger partial charge in [0.2, 0.25) is 5.69 Å². The van der Waals surface area contributed by atoms with E-state index in [2.05, 4.69) is 125 Å².